The highest BCUT2D eigenvalue weighted by molar-refractivity contribution is 6.30. The van der Waals surface area contributed by atoms with E-state index in [0.29, 0.717) is 10.6 Å². The molecule has 0 saturated heterocycles. The second-order valence-corrected chi connectivity index (χ2v) is 8.63. The summed E-state index contributed by atoms with van der Waals surface area (Å²) < 4.78 is 5.44. The fourth-order valence-corrected chi connectivity index (χ4v) is 3.54. The fraction of sp³-hybridized carbons (Fsp3) is 0.292. The van der Waals surface area contributed by atoms with Crippen molar-refractivity contribution in [2.75, 3.05) is 0 Å². The number of amides is 2. The number of imide groups is 1. The first-order valence-corrected chi connectivity index (χ1v) is 10.1. The maximum absolute atomic E-state index is 13.0. The van der Waals surface area contributed by atoms with Gasteiger partial charge < -0.3 is 4.74 Å². The summed E-state index contributed by atoms with van der Waals surface area (Å²) >= 11 is 6.03. The first kappa shape index (κ1) is 21.8. The van der Waals surface area contributed by atoms with Crippen LogP contribution in [0.2, 0.25) is 5.02 Å². The summed E-state index contributed by atoms with van der Waals surface area (Å²) in [6.07, 6.45) is 2.40. The molecule has 6 heteroatoms. The average Bonchev–Trinajstić information content (AvgIpc) is 3.07. The molecule has 0 bridgehead atoms. The van der Waals surface area contributed by atoms with E-state index in [-0.39, 0.29) is 12.2 Å². The number of benzene rings is 2. The van der Waals surface area contributed by atoms with Gasteiger partial charge in [-0.15, -0.1) is 0 Å². The van der Waals surface area contributed by atoms with Crippen molar-refractivity contribution < 1.29 is 19.1 Å². The minimum Gasteiger partial charge on any atom is -0.443 e. The Morgan fingerprint density at radius 3 is 2.30 bits per heavy atom. The predicted molar refractivity (Wildman–Crippen MR) is 116 cm³/mol. The highest BCUT2D eigenvalue weighted by atomic mass is 35.5. The van der Waals surface area contributed by atoms with E-state index in [1.165, 1.54) is 6.08 Å². The molecule has 0 radical (unpaired) electrons. The number of hydrogen-bond donors (Lipinski definition) is 0. The third-order valence-corrected chi connectivity index (χ3v) is 5.03. The highest BCUT2D eigenvalue weighted by Gasteiger charge is 2.40. The summed E-state index contributed by atoms with van der Waals surface area (Å²) in [7, 11) is 0. The van der Waals surface area contributed by atoms with Crippen LogP contribution < -0.4 is 0 Å². The van der Waals surface area contributed by atoms with Crippen LogP contribution in [-0.4, -0.2) is 34.3 Å². The normalized spacial score (nSPS) is 17.1. The molecular weight excluding hydrogens is 402 g/mol. The van der Waals surface area contributed by atoms with Gasteiger partial charge in [-0.1, -0.05) is 60.1 Å². The Hall–Kier alpha value is -2.92. The molecule has 0 spiro atoms. The van der Waals surface area contributed by atoms with Gasteiger partial charge in [0.1, 0.15) is 5.60 Å². The van der Waals surface area contributed by atoms with Crippen LogP contribution in [0.15, 0.2) is 66.7 Å². The summed E-state index contributed by atoms with van der Waals surface area (Å²) in [6, 6.07) is 15.4. The van der Waals surface area contributed by atoms with Gasteiger partial charge in [-0.3, -0.25) is 9.59 Å². The molecule has 5 nitrogen and oxygen atoms in total. The molecule has 0 aromatic heterocycles. The number of halogens is 1. The van der Waals surface area contributed by atoms with Crippen molar-refractivity contribution in [1.29, 1.82) is 0 Å². The molecule has 0 unspecified atom stereocenters. The minimum absolute atomic E-state index is 0.0764. The summed E-state index contributed by atoms with van der Waals surface area (Å²) in [4.78, 5) is 39.3. The number of Topliss-reactive ketones (excluding diaryl/α,β-unsaturated/α-hetero) is 1. The molecule has 0 fully saturated rings. The van der Waals surface area contributed by atoms with Crippen LogP contribution >= 0.6 is 11.6 Å². The SMILES string of the molecule is CC(C)(C)OC(=O)N1C(=O)C=C[C@@H]1[C@@H](CC(=O)c1ccccc1)c1ccc(Cl)cc1. The molecule has 0 aliphatic carbocycles. The smallest absolute Gasteiger partial charge is 0.417 e. The number of ether oxygens (including phenoxy) is 1. The molecule has 1 aliphatic rings. The van der Waals surface area contributed by atoms with Crippen LogP contribution in [0, 0.1) is 0 Å². The zero-order valence-corrected chi connectivity index (χ0v) is 17.9. The number of carbonyl (C=O) groups is 3. The minimum atomic E-state index is -0.750. The third-order valence-electron chi connectivity index (χ3n) is 4.77. The summed E-state index contributed by atoms with van der Waals surface area (Å²) in [5.74, 6) is -0.974. The van der Waals surface area contributed by atoms with E-state index in [1.807, 2.05) is 18.2 Å². The third kappa shape index (κ3) is 5.16. The number of nitrogens with zero attached hydrogens (tertiary/aromatic N) is 1. The molecule has 2 atom stereocenters. The van der Waals surface area contributed by atoms with Crippen LogP contribution in [0.5, 0.6) is 0 Å². The highest BCUT2D eigenvalue weighted by Crippen LogP contribution is 2.34. The van der Waals surface area contributed by atoms with Gasteiger partial charge in [-0.05, 0) is 38.5 Å². The second kappa shape index (κ2) is 8.84. The van der Waals surface area contributed by atoms with Crippen molar-refractivity contribution in [3.8, 4) is 0 Å². The summed E-state index contributed by atoms with van der Waals surface area (Å²) in [5.41, 5.74) is 0.635. The topological polar surface area (TPSA) is 63.7 Å². The van der Waals surface area contributed by atoms with Crippen LogP contribution in [0.1, 0.15) is 49.0 Å². The first-order valence-electron chi connectivity index (χ1n) is 9.74. The molecule has 2 aromatic carbocycles. The lowest BCUT2D eigenvalue weighted by molar-refractivity contribution is -0.125. The van der Waals surface area contributed by atoms with Crippen molar-refractivity contribution in [3.63, 3.8) is 0 Å². The molecule has 2 aromatic rings. The van der Waals surface area contributed by atoms with E-state index in [2.05, 4.69) is 0 Å². The molecule has 0 N–H and O–H groups in total. The summed E-state index contributed by atoms with van der Waals surface area (Å²) in [6.45, 7) is 5.22. The number of hydrogen-bond acceptors (Lipinski definition) is 4. The van der Waals surface area contributed by atoms with Gasteiger partial charge >= 0.3 is 6.09 Å². The van der Waals surface area contributed by atoms with Crippen molar-refractivity contribution in [2.24, 2.45) is 0 Å². The molecular formula is C24H24ClNO4. The Morgan fingerprint density at radius 1 is 1.07 bits per heavy atom. The molecule has 1 heterocycles. The van der Waals surface area contributed by atoms with Crippen LogP contribution in [0.4, 0.5) is 4.79 Å². The van der Waals surface area contributed by atoms with Crippen molar-refractivity contribution >= 4 is 29.4 Å². The fourth-order valence-electron chi connectivity index (χ4n) is 3.42. The number of carbonyl (C=O) groups excluding carboxylic acids is 3. The number of ketones is 1. The predicted octanol–water partition coefficient (Wildman–Crippen LogP) is 5.40. The van der Waals surface area contributed by atoms with Crippen LogP contribution in [0.25, 0.3) is 0 Å². The second-order valence-electron chi connectivity index (χ2n) is 8.19. The van der Waals surface area contributed by atoms with Gasteiger partial charge in [0, 0.05) is 29.0 Å². The summed E-state index contributed by atoms with van der Waals surface area (Å²) in [5, 5.41) is 0.564. The van der Waals surface area contributed by atoms with Crippen molar-refractivity contribution in [1.82, 2.24) is 4.90 Å². The van der Waals surface area contributed by atoms with Gasteiger partial charge in [0.05, 0.1) is 6.04 Å². The Balaban J connectivity index is 1.95. The van der Waals surface area contributed by atoms with E-state index in [1.54, 1.807) is 63.2 Å². The average molecular weight is 426 g/mol. The van der Waals surface area contributed by atoms with E-state index in [0.717, 1.165) is 10.5 Å². The Bertz CT molecular complexity index is 961. The van der Waals surface area contributed by atoms with E-state index in [9.17, 15) is 14.4 Å². The van der Waals surface area contributed by atoms with Crippen LogP contribution in [0.3, 0.4) is 0 Å². The maximum atomic E-state index is 13.0. The van der Waals surface area contributed by atoms with E-state index >= 15 is 0 Å². The first-order chi connectivity index (χ1) is 14.2. The molecule has 3 rings (SSSR count). The van der Waals surface area contributed by atoms with Gasteiger partial charge in [0.15, 0.2) is 5.78 Å². The Morgan fingerprint density at radius 2 is 1.70 bits per heavy atom. The molecule has 1 aliphatic heterocycles. The van der Waals surface area contributed by atoms with E-state index < -0.39 is 29.6 Å². The molecule has 30 heavy (non-hydrogen) atoms. The Labute approximate surface area is 181 Å². The lowest BCUT2D eigenvalue weighted by atomic mass is 9.85. The van der Waals surface area contributed by atoms with E-state index in [4.69, 9.17) is 16.3 Å². The zero-order valence-electron chi connectivity index (χ0n) is 17.2. The van der Waals surface area contributed by atoms with Gasteiger partial charge in [0.2, 0.25) is 0 Å². The molecule has 0 saturated carbocycles. The largest absolute Gasteiger partial charge is 0.443 e. The lowest BCUT2D eigenvalue weighted by Gasteiger charge is -2.32. The van der Waals surface area contributed by atoms with Crippen molar-refractivity contribution in [3.05, 3.63) is 82.9 Å². The maximum Gasteiger partial charge on any atom is 0.417 e. The Kier molecular flexibility index (Phi) is 6.42. The lowest BCUT2D eigenvalue weighted by Crippen LogP contribution is -2.45. The van der Waals surface area contributed by atoms with Crippen LogP contribution in [-0.2, 0) is 9.53 Å². The monoisotopic (exact) mass is 425 g/mol. The van der Waals surface area contributed by atoms with Gasteiger partial charge in [0.25, 0.3) is 5.91 Å². The number of rotatable bonds is 5. The van der Waals surface area contributed by atoms with Crippen molar-refractivity contribution in [2.45, 2.75) is 44.8 Å². The van der Waals surface area contributed by atoms with Gasteiger partial charge in [-0.25, -0.2) is 9.69 Å². The zero-order chi connectivity index (χ0) is 21.9. The molecule has 156 valence electrons. The molecule has 2 amide bonds. The quantitative estimate of drug-likeness (QED) is 0.602. The van der Waals surface area contributed by atoms with Gasteiger partial charge in [-0.2, -0.15) is 0 Å². The standard InChI is InChI=1S/C24H24ClNO4/c1-24(2,3)30-23(29)26-20(13-14-22(26)28)19(16-9-11-18(25)12-10-16)15-21(27)17-7-5-4-6-8-17/h4-14,19-20H,15H2,1-3H3/t19-,20+/m0/s1.